The zero-order valence-corrected chi connectivity index (χ0v) is 11.7. The summed E-state index contributed by atoms with van der Waals surface area (Å²) in [6.07, 6.45) is 1.47. The Morgan fingerprint density at radius 1 is 1.25 bits per heavy atom. The van der Waals surface area contributed by atoms with E-state index < -0.39 is 6.10 Å². The van der Waals surface area contributed by atoms with Gasteiger partial charge in [-0.1, -0.05) is 12.1 Å². The summed E-state index contributed by atoms with van der Waals surface area (Å²) in [6, 6.07) is 7.99. The molecule has 108 valence electrons. The number of likely N-dealkylation sites (tertiary alicyclic amines) is 1. The van der Waals surface area contributed by atoms with Crippen molar-refractivity contribution in [3.8, 4) is 11.5 Å². The van der Waals surface area contributed by atoms with Crippen molar-refractivity contribution in [2.45, 2.75) is 25.0 Å². The molecule has 0 spiro atoms. The lowest BCUT2D eigenvalue weighted by Crippen LogP contribution is -2.51. The van der Waals surface area contributed by atoms with E-state index in [4.69, 9.17) is 9.47 Å². The first-order valence-corrected chi connectivity index (χ1v) is 7.12. The first-order valence-electron chi connectivity index (χ1n) is 7.12. The number of fused-ring (bicyclic) bond motifs is 1. The number of benzene rings is 1. The van der Waals surface area contributed by atoms with Crippen LogP contribution in [0.15, 0.2) is 24.3 Å². The third-order valence-electron chi connectivity index (χ3n) is 4.00. The molecule has 1 aromatic rings. The molecule has 1 fully saturated rings. The highest BCUT2D eigenvalue weighted by Gasteiger charge is 2.32. The number of carbonyl (C=O) groups is 1. The normalized spacial score (nSPS) is 22.6. The van der Waals surface area contributed by atoms with Crippen molar-refractivity contribution in [3.05, 3.63) is 24.3 Å². The predicted octanol–water partition coefficient (Wildman–Crippen LogP) is 1.04. The van der Waals surface area contributed by atoms with Gasteiger partial charge in [-0.05, 0) is 32.0 Å². The molecule has 0 saturated carbocycles. The molecule has 1 N–H and O–H groups in total. The maximum atomic E-state index is 12.5. The number of ether oxygens (including phenoxy) is 2. The van der Waals surface area contributed by atoms with Crippen LogP contribution < -0.4 is 14.8 Å². The summed E-state index contributed by atoms with van der Waals surface area (Å²) in [4.78, 5) is 14.3. The summed E-state index contributed by atoms with van der Waals surface area (Å²) >= 11 is 0. The first kappa shape index (κ1) is 13.2. The highest BCUT2D eigenvalue weighted by atomic mass is 16.6. The van der Waals surface area contributed by atoms with E-state index in [0.717, 1.165) is 25.9 Å². The fourth-order valence-corrected chi connectivity index (χ4v) is 2.73. The zero-order valence-electron chi connectivity index (χ0n) is 11.7. The fraction of sp³-hybridized carbons (Fsp3) is 0.533. The Bertz CT molecular complexity index is 484. The Hall–Kier alpha value is -1.75. The van der Waals surface area contributed by atoms with Gasteiger partial charge in [0.2, 0.25) is 6.10 Å². The van der Waals surface area contributed by atoms with Crippen LogP contribution in [-0.4, -0.2) is 49.7 Å². The molecule has 1 saturated heterocycles. The van der Waals surface area contributed by atoms with Crippen molar-refractivity contribution in [3.63, 3.8) is 0 Å². The van der Waals surface area contributed by atoms with Gasteiger partial charge in [0.1, 0.15) is 6.61 Å². The Morgan fingerprint density at radius 2 is 1.95 bits per heavy atom. The maximum Gasteiger partial charge on any atom is 0.267 e. The smallest absolute Gasteiger partial charge is 0.267 e. The van der Waals surface area contributed by atoms with Crippen LogP contribution in [0, 0.1) is 0 Å². The molecule has 0 radical (unpaired) electrons. The Balaban J connectivity index is 1.62. The Morgan fingerprint density at radius 3 is 2.65 bits per heavy atom. The highest BCUT2D eigenvalue weighted by molar-refractivity contribution is 5.82. The van der Waals surface area contributed by atoms with E-state index >= 15 is 0 Å². The van der Waals surface area contributed by atoms with Crippen molar-refractivity contribution >= 4 is 5.91 Å². The van der Waals surface area contributed by atoms with E-state index in [2.05, 4.69) is 5.32 Å². The highest BCUT2D eigenvalue weighted by Crippen LogP contribution is 2.31. The van der Waals surface area contributed by atoms with Crippen LogP contribution in [0.25, 0.3) is 0 Å². The first-order chi connectivity index (χ1) is 9.78. The van der Waals surface area contributed by atoms with Gasteiger partial charge in [-0.2, -0.15) is 0 Å². The van der Waals surface area contributed by atoms with Crippen molar-refractivity contribution in [2.24, 2.45) is 0 Å². The van der Waals surface area contributed by atoms with Crippen LogP contribution in [0.1, 0.15) is 12.8 Å². The SMILES string of the molecule is CNC1CCN(C(=O)[C@@H]2COc3ccccc3O2)CC1. The lowest BCUT2D eigenvalue weighted by atomic mass is 10.0. The summed E-state index contributed by atoms with van der Waals surface area (Å²) < 4.78 is 11.4. The molecular weight excluding hydrogens is 256 g/mol. The van der Waals surface area contributed by atoms with Crippen LogP contribution in [0.3, 0.4) is 0 Å². The molecule has 3 rings (SSSR count). The van der Waals surface area contributed by atoms with Gasteiger partial charge in [-0.15, -0.1) is 0 Å². The third-order valence-corrected chi connectivity index (χ3v) is 4.00. The van der Waals surface area contributed by atoms with E-state index in [1.54, 1.807) is 0 Å². The van der Waals surface area contributed by atoms with Gasteiger partial charge in [-0.3, -0.25) is 4.79 Å². The van der Waals surface area contributed by atoms with Crippen molar-refractivity contribution in [2.75, 3.05) is 26.7 Å². The molecule has 1 aromatic carbocycles. The molecule has 0 bridgehead atoms. The van der Waals surface area contributed by atoms with Crippen molar-refractivity contribution in [1.82, 2.24) is 10.2 Å². The van der Waals surface area contributed by atoms with Crippen LogP contribution in [-0.2, 0) is 4.79 Å². The van der Waals surface area contributed by atoms with Crippen LogP contribution in [0.5, 0.6) is 11.5 Å². The monoisotopic (exact) mass is 276 g/mol. The van der Waals surface area contributed by atoms with Crippen molar-refractivity contribution < 1.29 is 14.3 Å². The molecule has 5 heteroatoms. The lowest BCUT2D eigenvalue weighted by molar-refractivity contribution is -0.142. The number of amides is 1. The maximum absolute atomic E-state index is 12.5. The number of para-hydroxylation sites is 2. The number of nitrogens with zero attached hydrogens (tertiary/aromatic N) is 1. The van der Waals surface area contributed by atoms with Gasteiger partial charge in [0.15, 0.2) is 11.5 Å². The minimum Gasteiger partial charge on any atom is -0.485 e. The molecule has 2 aliphatic heterocycles. The van der Waals surface area contributed by atoms with E-state index in [1.165, 1.54) is 0 Å². The number of nitrogens with one attached hydrogen (secondary N) is 1. The number of rotatable bonds is 2. The summed E-state index contributed by atoms with van der Waals surface area (Å²) in [5.74, 6) is 1.40. The molecule has 2 aliphatic rings. The number of carbonyl (C=O) groups excluding carboxylic acids is 1. The van der Waals surface area contributed by atoms with E-state index in [1.807, 2.05) is 36.2 Å². The molecule has 5 nitrogen and oxygen atoms in total. The quantitative estimate of drug-likeness (QED) is 0.877. The van der Waals surface area contributed by atoms with Crippen LogP contribution in [0.2, 0.25) is 0 Å². The summed E-state index contributed by atoms with van der Waals surface area (Å²) in [7, 11) is 1.97. The van der Waals surface area contributed by atoms with Crippen LogP contribution in [0.4, 0.5) is 0 Å². The summed E-state index contributed by atoms with van der Waals surface area (Å²) in [5, 5.41) is 3.26. The Labute approximate surface area is 118 Å². The number of piperidine rings is 1. The van der Waals surface area contributed by atoms with E-state index in [-0.39, 0.29) is 5.91 Å². The largest absolute Gasteiger partial charge is 0.485 e. The molecule has 0 unspecified atom stereocenters. The summed E-state index contributed by atoms with van der Waals surface area (Å²) in [5.41, 5.74) is 0. The third kappa shape index (κ3) is 2.58. The topological polar surface area (TPSA) is 50.8 Å². The average Bonchev–Trinajstić information content (AvgIpc) is 2.54. The van der Waals surface area contributed by atoms with Gasteiger partial charge in [0.05, 0.1) is 0 Å². The van der Waals surface area contributed by atoms with E-state index in [0.29, 0.717) is 24.1 Å². The second-order valence-electron chi connectivity index (χ2n) is 5.25. The van der Waals surface area contributed by atoms with E-state index in [9.17, 15) is 4.79 Å². The number of hydrogen-bond acceptors (Lipinski definition) is 4. The Kier molecular flexibility index (Phi) is 3.78. The minimum absolute atomic E-state index is 0.0362. The fourth-order valence-electron chi connectivity index (χ4n) is 2.73. The predicted molar refractivity (Wildman–Crippen MR) is 75.0 cm³/mol. The zero-order chi connectivity index (χ0) is 13.9. The van der Waals surface area contributed by atoms with Gasteiger partial charge >= 0.3 is 0 Å². The molecule has 0 aliphatic carbocycles. The minimum atomic E-state index is -0.518. The van der Waals surface area contributed by atoms with Crippen molar-refractivity contribution in [1.29, 1.82) is 0 Å². The van der Waals surface area contributed by atoms with Gasteiger partial charge in [-0.25, -0.2) is 0 Å². The standard InChI is InChI=1S/C15H20N2O3/c1-16-11-6-8-17(9-7-11)15(18)14-10-19-12-4-2-3-5-13(12)20-14/h2-5,11,14,16H,6-10H2,1H3/t14-/m0/s1. The second-order valence-corrected chi connectivity index (χ2v) is 5.25. The second kappa shape index (κ2) is 5.71. The molecule has 20 heavy (non-hydrogen) atoms. The average molecular weight is 276 g/mol. The van der Waals surface area contributed by atoms with Crippen LogP contribution >= 0.6 is 0 Å². The molecule has 1 atom stereocenters. The molecule has 1 amide bonds. The van der Waals surface area contributed by atoms with Gasteiger partial charge in [0.25, 0.3) is 5.91 Å². The van der Waals surface area contributed by atoms with Gasteiger partial charge < -0.3 is 19.7 Å². The molecular formula is C15H20N2O3. The molecule has 0 aromatic heterocycles. The lowest BCUT2D eigenvalue weighted by Gasteiger charge is -2.35. The molecule has 2 heterocycles. The summed E-state index contributed by atoms with van der Waals surface area (Å²) in [6.45, 7) is 1.86. The number of hydrogen-bond donors (Lipinski definition) is 1. The van der Waals surface area contributed by atoms with Gasteiger partial charge in [0, 0.05) is 19.1 Å².